The molecule has 0 bridgehead atoms. The van der Waals surface area contributed by atoms with E-state index in [1.807, 2.05) is 0 Å². The van der Waals surface area contributed by atoms with Crippen molar-refractivity contribution in [3.05, 3.63) is 12.7 Å². The van der Waals surface area contributed by atoms with Gasteiger partial charge in [0.05, 0.1) is 38.2 Å². The fourth-order valence-electron chi connectivity index (χ4n) is 2.80. The second-order valence-electron chi connectivity index (χ2n) is 6.52. The molecule has 12 heteroatoms. The predicted octanol–water partition coefficient (Wildman–Crippen LogP) is 0.698. The normalized spacial score (nSPS) is 20.4. The Hall–Kier alpha value is -1.62. The van der Waals surface area contributed by atoms with Crippen molar-refractivity contribution in [3.8, 4) is 0 Å². The number of imidazole rings is 1. The zero-order valence-corrected chi connectivity index (χ0v) is 16.2. The van der Waals surface area contributed by atoms with Crippen LogP contribution in [0.2, 0.25) is 0 Å². The van der Waals surface area contributed by atoms with Gasteiger partial charge in [0.2, 0.25) is 0 Å². The van der Waals surface area contributed by atoms with Gasteiger partial charge < -0.3 is 29.4 Å². The summed E-state index contributed by atoms with van der Waals surface area (Å²) in [6.45, 7) is 5.09. The van der Waals surface area contributed by atoms with Gasteiger partial charge in [-0.2, -0.15) is 0 Å². The first-order chi connectivity index (χ1) is 12.9. The average Bonchev–Trinajstić information content (AvgIpc) is 3.05. The Morgan fingerprint density at radius 1 is 1.41 bits per heavy atom. The Labute approximate surface area is 156 Å². The number of hydrogen-bond donors (Lipinski definition) is 3. The SMILES string of the molecule is CC(Cn1cnc2c(N)ncnc21)OCP(=O)(O)NC(C)C1OCCCO1. The molecule has 3 heterocycles. The van der Waals surface area contributed by atoms with Gasteiger partial charge in [-0.1, -0.05) is 0 Å². The van der Waals surface area contributed by atoms with Crippen LogP contribution in [0.5, 0.6) is 0 Å². The summed E-state index contributed by atoms with van der Waals surface area (Å²) < 4.78 is 30.6. The molecule has 2 aromatic rings. The third-order valence-corrected chi connectivity index (χ3v) is 5.39. The number of nitrogens with zero attached hydrogens (tertiary/aromatic N) is 4. The van der Waals surface area contributed by atoms with Crippen LogP contribution < -0.4 is 10.8 Å². The molecule has 4 N–H and O–H groups in total. The molecule has 0 aliphatic carbocycles. The lowest BCUT2D eigenvalue weighted by atomic mass is 10.3. The van der Waals surface area contributed by atoms with E-state index in [9.17, 15) is 9.46 Å². The van der Waals surface area contributed by atoms with Gasteiger partial charge in [-0.25, -0.2) is 20.0 Å². The molecule has 3 unspecified atom stereocenters. The summed E-state index contributed by atoms with van der Waals surface area (Å²) in [5.74, 6) is 0.303. The molecule has 3 atom stereocenters. The molecule has 0 saturated carbocycles. The first-order valence-corrected chi connectivity index (χ1v) is 10.6. The van der Waals surface area contributed by atoms with E-state index in [1.165, 1.54) is 6.33 Å². The summed E-state index contributed by atoms with van der Waals surface area (Å²) in [4.78, 5) is 22.4. The molecule has 1 saturated heterocycles. The molecule has 27 heavy (non-hydrogen) atoms. The van der Waals surface area contributed by atoms with Crippen molar-refractivity contribution in [2.24, 2.45) is 0 Å². The van der Waals surface area contributed by atoms with Crippen molar-refractivity contribution in [1.82, 2.24) is 24.6 Å². The number of hydrogen-bond acceptors (Lipinski definition) is 8. The van der Waals surface area contributed by atoms with Crippen LogP contribution in [0, 0.1) is 0 Å². The summed E-state index contributed by atoms with van der Waals surface area (Å²) in [6.07, 6.45) is 2.54. The van der Waals surface area contributed by atoms with Crippen LogP contribution in [-0.4, -0.2) is 62.4 Å². The van der Waals surface area contributed by atoms with E-state index < -0.39 is 19.9 Å². The highest BCUT2D eigenvalue weighted by Gasteiger charge is 2.29. The van der Waals surface area contributed by atoms with Crippen LogP contribution >= 0.6 is 7.52 Å². The lowest BCUT2D eigenvalue weighted by molar-refractivity contribution is -0.188. The van der Waals surface area contributed by atoms with Crippen LogP contribution in [0.4, 0.5) is 5.82 Å². The van der Waals surface area contributed by atoms with Crippen LogP contribution in [0.3, 0.4) is 0 Å². The molecule has 1 aliphatic rings. The van der Waals surface area contributed by atoms with E-state index in [1.54, 1.807) is 24.7 Å². The molecule has 0 aromatic carbocycles. The van der Waals surface area contributed by atoms with Crippen LogP contribution in [0.1, 0.15) is 20.3 Å². The van der Waals surface area contributed by atoms with Crippen molar-refractivity contribution in [2.45, 2.75) is 45.2 Å². The van der Waals surface area contributed by atoms with Crippen molar-refractivity contribution in [2.75, 3.05) is 25.3 Å². The Morgan fingerprint density at radius 2 is 2.15 bits per heavy atom. The Kier molecular flexibility index (Phi) is 6.40. The van der Waals surface area contributed by atoms with Crippen molar-refractivity contribution in [3.63, 3.8) is 0 Å². The lowest BCUT2D eigenvalue weighted by Gasteiger charge is -2.30. The Bertz CT molecular complexity index is 811. The van der Waals surface area contributed by atoms with Gasteiger partial charge >= 0.3 is 0 Å². The molecular weight excluding hydrogens is 375 g/mol. The molecule has 0 amide bonds. The molecule has 3 rings (SSSR count). The standard InChI is InChI=1S/C15H25N6O5P/c1-10(6-21-8-19-12-13(16)17-7-18-14(12)21)26-9-27(22,23)20-11(2)15-24-4-3-5-25-15/h7-8,10-11,15H,3-6,9H2,1-2H3,(H2,16,17,18)(H2,20,22,23). The Morgan fingerprint density at radius 3 is 2.89 bits per heavy atom. The maximum atomic E-state index is 12.4. The van der Waals surface area contributed by atoms with Crippen molar-refractivity contribution < 1.29 is 23.7 Å². The number of rotatable bonds is 8. The maximum absolute atomic E-state index is 12.4. The summed E-state index contributed by atoms with van der Waals surface area (Å²) in [7, 11) is -3.72. The van der Waals surface area contributed by atoms with Crippen LogP contribution in [0.25, 0.3) is 11.2 Å². The maximum Gasteiger partial charge on any atom is 0.292 e. The van der Waals surface area contributed by atoms with E-state index in [2.05, 4.69) is 20.0 Å². The van der Waals surface area contributed by atoms with Crippen LogP contribution in [-0.2, 0) is 25.3 Å². The van der Waals surface area contributed by atoms with E-state index in [4.69, 9.17) is 19.9 Å². The highest BCUT2D eigenvalue weighted by Crippen LogP contribution is 2.37. The molecule has 0 spiro atoms. The lowest BCUT2D eigenvalue weighted by Crippen LogP contribution is -2.42. The largest absolute Gasteiger partial charge is 0.382 e. The predicted molar refractivity (Wildman–Crippen MR) is 97.9 cm³/mol. The summed E-state index contributed by atoms with van der Waals surface area (Å²) in [5, 5.41) is 2.66. The monoisotopic (exact) mass is 400 g/mol. The minimum absolute atomic E-state index is 0.303. The van der Waals surface area contributed by atoms with E-state index in [0.29, 0.717) is 36.7 Å². The van der Waals surface area contributed by atoms with Gasteiger partial charge in [0.25, 0.3) is 7.52 Å². The second kappa shape index (κ2) is 8.59. The first kappa shape index (κ1) is 20.1. The number of aromatic nitrogens is 4. The zero-order chi connectivity index (χ0) is 19.4. The van der Waals surface area contributed by atoms with Gasteiger partial charge in [0.15, 0.2) is 17.8 Å². The van der Waals surface area contributed by atoms with E-state index in [-0.39, 0.29) is 12.5 Å². The third-order valence-electron chi connectivity index (χ3n) is 4.08. The minimum Gasteiger partial charge on any atom is -0.382 e. The minimum atomic E-state index is -3.72. The summed E-state index contributed by atoms with van der Waals surface area (Å²) in [6, 6.07) is -0.433. The van der Waals surface area contributed by atoms with E-state index >= 15 is 0 Å². The van der Waals surface area contributed by atoms with E-state index in [0.717, 1.165) is 6.42 Å². The van der Waals surface area contributed by atoms with Crippen molar-refractivity contribution in [1.29, 1.82) is 0 Å². The molecule has 1 aliphatic heterocycles. The number of anilines is 1. The first-order valence-electron chi connectivity index (χ1n) is 8.71. The molecule has 0 radical (unpaired) electrons. The fourth-order valence-corrected chi connectivity index (χ4v) is 4.09. The molecular formula is C15H25N6O5P. The molecule has 150 valence electrons. The highest BCUT2D eigenvalue weighted by atomic mass is 31.2. The fraction of sp³-hybridized carbons (Fsp3) is 0.667. The topological polar surface area (TPSA) is 147 Å². The summed E-state index contributed by atoms with van der Waals surface area (Å²) >= 11 is 0. The zero-order valence-electron chi connectivity index (χ0n) is 15.3. The second-order valence-corrected chi connectivity index (χ2v) is 8.44. The third kappa shape index (κ3) is 5.22. The highest BCUT2D eigenvalue weighted by molar-refractivity contribution is 7.55. The van der Waals surface area contributed by atoms with Gasteiger partial charge in [-0.3, -0.25) is 4.57 Å². The van der Waals surface area contributed by atoms with Gasteiger partial charge in [-0.05, 0) is 20.3 Å². The number of nitrogens with one attached hydrogen (secondary N) is 1. The smallest absolute Gasteiger partial charge is 0.292 e. The number of nitrogen functional groups attached to an aromatic ring is 1. The van der Waals surface area contributed by atoms with Crippen molar-refractivity contribution >= 4 is 24.5 Å². The molecule has 11 nitrogen and oxygen atoms in total. The number of nitrogens with two attached hydrogens (primary N) is 1. The molecule has 2 aromatic heterocycles. The quantitative estimate of drug-likeness (QED) is 0.541. The van der Waals surface area contributed by atoms with Gasteiger partial charge in [0.1, 0.15) is 18.2 Å². The summed E-state index contributed by atoms with van der Waals surface area (Å²) in [5.41, 5.74) is 6.87. The average molecular weight is 400 g/mol. The van der Waals surface area contributed by atoms with Gasteiger partial charge in [-0.15, -0.1) is 0 Å². The number of ether oxygens (including phenoxy) is 3. The van der Waals surface area contributed by atoms with Crippen LogP contribution in [0.15, 0.2) is 12.7 Å². The van der Waals surface area contributed by atoms with Gasteiger partial charge in [0, 0.05) is 0 Å². The molecule has 1 fully saturated rings. The Balaban J connectivity index is 1.52. The number of fused-ring (bicyclic) bond motifs is 1.